The Morgan fingerprint density at radius 1 is 1.00 bits per heavy atom. The first-order valence-electron chi connectivity index (χ1n) is 9.06. The molecule has 0 saturated heterocycles. The standard InChI is InChI=1S/C22H19BrFN3O2S/c1-14(17-6-2-4-8-19(17)23)25-22(29)27(30)16-12-10-15(11-13-16)26-21(28)18-7-3-5-9-20(18)24/h2-14,30H,1H3,(H,25,29)(H,26,28). The lowest BCUT2D eigenvalue weighted by atomic mass is 10.1. The van der Waals surface area contributed by atoms with Gasteiger partial charge in [0.2, 0.25) is 0 Å². The summed E-state index contributed by atoms with van der Waals surface area (Å²) in [6.45, 7) is 1.88. The second-order valence-corrected chi connectivity index (χ2v) is 7.74. The fraction of sp³-hybridized carbons (Fsp3) is 0.0909. The molecule has 154 valence electrons. The summed E-state index contributed by atoms with van der Waals surface area (Å²) in [6, 6.07) is 19.2. The smallest absolute Gasteiger partial charge is 0.330 e. The van der Waals surface area contributed by atoms with Crippen molar-refractivity contribution < 1.29 is 14.0 Å². The molecule has 8 heteroatoms. The van der Waals surface area contributed by atoms with Gasteiger partial charge in [-0.15, -0.1) is 0 Å². The van der Waals surface area contributed by atoms with Crippen LogP contribution in [-0.2, 0) is 0 Å². The SMILES string of the molecule is CC(NC(=O)N(S)c1ccc(NC(=O)c2ccccc2F)cc1)c1ccccc1Br. The van der Waals surface area contributed by atoms with E-state index in [1.807, 2.05) is 31.2 Å². The molecule has 0 bridgehead atoms. The summed E-state index contributed by atoms with van der Waals surface area (Å²) in [5.41, 5.74) is 1.88. The third kappa shape index (κ3) is 5.20. The number of nitrogens with one attached hydrogen (secondary N) is 2. The lowest BCUT2D eigenvalue weighted by Gasteiger charge is -2.21. The van der Waals surface area contributed by atoms with E-state index in [4.69, 9.17) is 0 Å². The number of halogens is 2. The van der Waals surface area contributed by atoms with Crippen molar-refractivity contribution in [2.24, 2.45) is 0 Å². The van der Waals surface area contributed by atoms with Crippen molar-refractivity contribution in [3.05, 3.63) is 94.2 Å². The van der Waals surface area contributed by atoms with Gasteiger partial charge in [-0.2, -0.15) is 0 Å². The van der Waals surface area contributed by atoms with Crippen LogP contribution in [0.5, 0.6) is 0 Å². The van der Waals surface area contributed by atoms with Gasteiger partial charge in [-0.1, -0.05) is 59.1 Å². The van der Waals surface area contributed by atoms with Crippen LogP contribution >= 0.6 is 28.7 Å². The molecule has 1 unspecified atom stereocenters. The molecule has 3 aromatic rings. The molecule has 3 aromatic carbocycles. The average molecular weight is 488 g/mol. The van der Waals surface area contributed by atoms with E-state index in [-0.39, 0.29) is 11.6 Å². The van der Waals surface area contributed by atoms with Gasteiger partial charge < -0.3 is 10.6 Å². The van der Waals surface area contributed by atoms with E-state index in [0.717, 1.165) is 10.0 Å². The zero-order chi connectivity index (χ0) is 21.7. The molecule has 0 aromatic heterocycles. The molecule has 0 fully saturated rings. The van der Waals surface area contributed by atoms with Crippen molar-refractivity contribution in [1.29, 1.82) is 0 Å². The molecule has 0 heterocycles. The second kappa shape index (κ2) is 9.77. The van der Waals surface area contributed by atoms with E-state index in [0.29, 0.717) is 11.4 Å². The van der Waals surface area contributed by atoms with E-state index < -0.39 is 17.8 Å². The number of amides is 3. The number of rotatable bonds is 5. The van der Waals surface area contributed by atoms with E-state index in [1.165, 1.54) is 22.5 Å². The predicted octanol–water partition coefficient (Wildman–Crippen LogP) is 5.96. The fourth-order valence-electron chi connectivity index (χ4n) is 2.80. The lowest BCUT2D eigenvalue weighted by molar-refractivity contribution is 0.102. The summed E-state index contributed by atoms with van der Waals surface area (Å²) in [5.74, 6) is -1.15. The first kappa shape index (κ1) is 21.9. The molecule has 0 aliphatic rings. The zero-order valence-corrected chi connectivity index (χ0v) is 18.5. The molecule has 5 nitrogen and oxygen atoms in total. The summed E-state index contributed by atoms with van der Waals surface area (Å²) in [4.78, 5) is 24.7. The molecule has 0 spiro atoms. The number of anilines is 2. The summed E-state index contributed by atoms with van der Waals surface area (Å²) in [7, 11) is 0. The number of urea groups is 1. The molecule has 3 amide bonds. The minimum atomic E-state index is -0.594. The van der Waals surface area contributed by atoms with Crippen LogP contribution in [0, 0.1) is 5.82 Å². The summed E-state index contributed by atoms with van der Waals surface area (Å²) in [6.07, 6.45) is 0. The topological polar surface area (TPSA) is 61.4 Å². The van der Waals surface area contributed by atoms with E-state index in [1.54, 1.807) is 30.3 Å². The third-order valence-corrected chi connectivity index (χ3v) is 5.53. The maximum atomic E-state index is 13.7. The van der Waals surface area contributed by atoms with E-state index >= 15 is 0 Å². The van der Waals surface area contributed by atoms with Crippen LogP contribution in [0.1, 0.15) is 28.9 Å². The Morgan fingerprint density at radius 3 is 2.30 bits per heavy atom. The van der Waals surface area contributed by atoms with Crippen LogP contribution in [-0.4, -0.2) is 11.9 Å². The maximum Gasteiger partial charge on any atom is 0.332 e. The molecule has 0 saturated carbocycles. The predicted molar refractivity (Wildman–Crippen MR) is 123 cm³/mol. The quantitative estimate of drug-likeness (QED) is 0.388. The van der Waals surface area contributed by atoms with Gasteiger partial charge in [0.25, 0.3) is 5.91 Å². The van der Waals surface area contributed by atoms with Crippen LogP contribution in [0.3, 0.4) is 0 Å². The molecule has 0 radical (unpaired) electrons. The highest BCUT2D eigenvalue weighted by molar-refractivity contribution is 9.10. The Balaban J connectivity index is 1.64. The number of carbonyl (C=O) groups is 2. The molecule has 2 N–H and O–H groups in total. The van der Waals surface area contributed by atoms with Gasteiger partial charge in [0.15, 0.2) is 0 Å². The monoisotopic (exact) mass is 487 g/mol. The van der Waals surface area contributed by atoms with Crippen molar-refractivity contribution in [1.82, 2.24) is 5.32 Å². The third-order valence-electron chi connectivity index (χ3n) is 4.39. The first-order valence-corrected chi connectivity index (χ1v) is 10.3. The van der Waals surface area contributed by atoms with E-state index in [2.05, 4.69) is 39.4 Å². The maximum absolute atomic E-state index is 13.7. The van der Waals surface area contributed by atoms with E-state index in [9.17, 15) is 14.0 Å². The molecule has 0 aliphatic carbocycles. The van der Waals surface area contributed by atoms with Crippen LogP contribution in [0.2, 0.25) is 0 Å². The summed E-state index contributed by atoms with van der Waals surface area (Å²) >= 11 is 7.75. The van der Waals surface area contributed by atoms with Crippen molar-refractivity contribution in [2.45, 2.75) is 13.0 Å². The minimum Gasteiger partial charge on any atom is -0.330 e. The molecule has 1 atom stereocenters. The highest BCUT2D eigenvalue weighted by Crippen LogP contribution is 2.25. The van der Waals surface area contributed by atoms with Crippen molar-refractivity contribution in [2.75, 3.05) is 9.62 Å². The number of hydrogen-bond acceptors (Lipinski definition) is 3. The highest BCUT2D eigenvalue weighted by atomic mass is 79.9. The highest BCUT2D eigenvalue weighted by Gasteiger charge is 2.17. The minimum absolute atomic E-state index is 0.0437. The van der Waals surface area contributed by atoms with Gasteiger partial charge in [-0.3, -0.25) is 4.79 Å². The Morgan fingerprint density at radius 2 is 1.63 bits per heavy atom. The first-order chi connectivity index (χ1) is 14.4. The molecule has 3 rings (SSSR count). The molecule has 30 heavy (non-hydrogen) atoms. The molecule has 0 aliphatic heterocycles. The average Bonchev–Trinajstić information content (AvgIpc) is 2.74. The van der Waals surface area contributed by atoms with Gasteiger partial charge in [-0.25, -0.2) is 13.5 Å². The largest absolute Gasteiger partial charge is 0.332 e. The lowest BCUT2D eigenvalue weighted by Crippen LogP contribution is -2.35. The van der Waals surface area contributed by atoms with Crippen molar-refractivity contribution in [3.8, 4) is 0 Å². The van der Waals surface area contributed by atoms with Crippen molar-refractivity contribution >= 4 is 52.1 Å². The Hall–Kier alpha value is -2.84. The Bertz CT molecular complexity index is 1060. The zero-order valence-electron chi connectivity index (χ0n) is 16.0. The van der Waals surface area contributed by atoms with Gasteiger partial charge in [0.05, 0.1) is 17.3 Å². The number of nitrogens with zero attached hydrogens (tertiary/aromatic N) is 1. The Labute approximate surface area is 188 Å². The number of hydrogen-bond donors (Lipinski definition) is 3. The molecular formula is C22H19BrFN3O2S. The number of benzene rings is 3. The summed E-state index contributed by atoms with van der Waals surface area (Å²) < 4.78 is 15.8. The fourth-order valence-corrected chi connectivity index (χ4v) is 3.62. The number of carbonyl (C=O) groups excluding carboxylic acids is 2. The normalized spacial score (nSPS) is 11.5. The van der Waals surface area contributed by atoms with Gasteiger partial charge in [0, 0.05) is 10.2 Å². The number of thiol groups is 1. The van der Waals surface area contributed by atoms with Crippen LogP contribution < -0.4 is 14.9 Å². The molecular weight excluding hydrogens is 469 g/mol. The van der Waals surface area contributed by atoms with Crippen LogP contribution in [0.4, 0.5) is 20.6 Å². The summed E-state index contributed by atoms with van der Waals surface area (Å²) in [5, 5.41) is 5.51. The van der Waals surface area contributed by atoms with Crippen LogP contribution in [0.15, 0.2) is 77.3 Å². The van der Waals surface area contributed by atoms with Gasteiger partial charge >= 0.3 is 6.03 Å². The second-order valence-electron chi connectivity index (χ2n) is 6.49. The van der Waals surface area contributed by atoms with Crippen LogP contribution in [0.25, 0.3) is 0 Å². The van der Waals surface area contributed by atoms with Crippen molar-refractivity contribution in [3.63, 3.8) is 0 Å². The Kier molecular flexibility index (Phi) is 7.12. The van der Waals surface area contributed by atoms with Gasteiger partial charge in [-0.05, 0) is 55.0 Å². The van der Waals surface area contributed by atoms with Gasteiger partial charge in [0.1, 0.15) is 5.82 Å².